The maximum Gasteiger partial charge on any atom is 0.357 e. The van der Waals surface area contributed by atoms with E-state index in [-0.39, 0.29) is 12.3 Å². The Labute approximate surface area is 138 Å². The molecule has 0 bridgehead atoms. The fourth-order valence-electron chi connectivity index (χ4n) is 2.47. The standard InChI is InChI=1S/C17H17FN4O2/c1-3-11-8-15(17(23)24-4-2)20-16-9-14(21-22(11)16)12-6-5-10(19)7-13(12)18/h5-9H,3-4,19H2,1-2H3. The first-order valence-corrected chi connectivity index (χ1v) is 7.65. The number of ether oxygens (including phenoxy) is 1. The molecule has 7 heteroatoms. The van der Waals surface area contributed by atoms with Gasteiger partial charge in [0.15, 0.2) is 11.3 Å². The monoisotopic (exact) mass is 328 g/mol. The molecule has 2 N–H and O–H groups in total. The number of nitrogens with two attached hydrogens (primary N) is 1. The van der Waals surface area contributed by atoms with Gasteiger partial charge in [0.25, 0.3) is 0 Å². The van der Waals surface area contributed by atoms with Gasteiger partial charge < -0.3 is 10.5 Å². The SMILES string of the molecule is CCOC(=O)c1cc(CC)n2nc(-c3ccc(N)cc3F)cc2n1. The van der Waals surface area contributed by atoms with Crippen molar-refractivity contribution >= 4 is 17.3 Å². The zero-order chi connectivity index (χ0) is 17.3. The molecular weight excluding hydrogens is 311 g/mol. The molecule has 0 unspecified atom stereocenters. The van der Waals surface area contributed by atoms with Gasteiger partial charge in [-0.05, 0) is 37.6 Å². The van der Waals surface area contributed by atoms with Gasteiger partial charge in [-0.15, -0.1) is 0 Å². The van der Waals surface area contributed by atoms with E-state index in [0.29, 0.717) is 29.0 Å². The Hall–Kier alpha value is -2.96. The van der Waals surface area contributed by atoms with E-state index in [4.69, 9.17) is 10.5 Å². The van der Waals surface area contributed by atoms with Crippen LogP contribution in [0.25, 0.3) is 16.9 Å². The quantitative estimate of drug-likeness (QED) is 0.588. The van der Waals surface area contributed by atoms with Crippen molar-refractivity contribution in [2.24, 2.45) is 0 Å². The molecule has 0 radical (unpaired) electrons. The van der Waals surface area contributed by atoms with Crippen LogP contribution in [0.15, 0.2) is 30.3 Å². The largest absolute Gasteiger partial charge is 0.461 e. The number of esters is 1. The predicted molar refractivity (Wildman–Crippen MR) is 88.1 cm³/mol. The van der Waals surface area contributed by atoms with E-state index < -0.39 is 11.8 Å². The fourth-order valence-corrected chi connectivity index (χ4v) is 2.47. The lowest BCUT2D eigenvalue weighted by molar-refractivity contribution is 0.0519. The second-order valence-corrected chi connectivity index (χ2v) is 5.25. The lowest BCUT2D eigenvalue weighted by Crippen LogP contribution is -2.10. The Kier molecular flexibility index (Phi) is 4.16. The van der Waals surface area contributed by atoms with E-state index >= 15 is 0 Å². The first-order valence-electron chi connectivity index (χ1n) is 7.65. The normalized spacial score (nSPS) is 11.0. The molecule has 24 heavy (non-hydrogen) atoms. The summed E-state index contributed by atoms with van der Waals surface area (Å²) in [5, 5.41) is 4.41. The van der Waals surface area contributed by atoms with Gasteiger partial charge in [-0.3, -0.25) is 0 Å². The summed E-state index contributed by atoms with van der Waals surface area (Å²) in [6.45, 7) is 3.95. The number of aryl methyl sites for hydroxylation is 1. The van der Waals surface area contributed by atoms with Crippen molar-refractivity contribution in [2.75, 3.05) is 12.3 Å². The first-order chi connectivity index (χ1) is 11.5. The number of hydrogen-bond donors (Lipinski definition) is 1. The minimum Gasteiger partial charge on any atom is -0.461 e. The Morgan fingerprint density at radius 3 is 2.75 bits per heavy atom. The Morgan fingerprint density at radius 2 is 2.08 bits per heavy atom. The Morgan fingerprint density at radius 1 is 1.29 bits per heavy atom. The van der Waals surface area contributed by atoms with Gasteiger partial charge in [-0.2, -0.15) is 5.10 Å². The molecular formula is C17H17FN4O2. The van der Waals surface area contributed by atoms with Crippen LogP contribution in [-0.4, -0.2) is 27.2 Å². The van der Waals surface area contributed by atoms with E-state index in [0.717, 1.165) is 5.69 Å². The second kappa shape index (κ2) is 6.27. The fraction of sp³-hybridized carbons (Fsp3) is 0.235. The molecule has 0 aliphatic rings. The third-order valence-corrected chi connectivity index (χ3v) is 3.62. The molecule has 0 aliphatic carbocycles. The summed E-state index contributed by atoms with van der Waals surface area (Å²) in [6.07, 6.45) is 0.636. The summed E-state index contributed by atoms with van der Waals surface area (Å²) in [5.74, 6) is -0.946. The molecule has 0 atom stereocenters. The molecule has 0 saturated carbocycles. The number of benzene rings is 1. The van der Waals surface area contributed by atoms with Crippen molar-refractivity contribution in [1.82, 2.24) is 14.6 Å². The minimum absolute atomic E-state index is 0.213. The lowest BCUT2D eigenvalue weighted by atomic mass is 10.1. The number of rotatable bonds is 4. The van der Waals surface area contributed by atoms with Crippen LogP contribution in [0.1, 0.15) is 30.0 Å². The molecule has 2 heterocycles. The highest BCUT2D eigenvalue weighted by atomic mass is 19.1. The van der Waals surface area contributed by atoms with Gasteiger partial charge in [0.05, 0.1) is 12.3 Å². The van der Waals surface area contributed by atoms with Crippen LogP contribution in [0.5, 0.6) is 0 Å². The third kappa shape index (κ3) is 2.80. The number of carbonyl (C=O) groups excluding carboxylic acids is 1. The van der Waals surface area contributed by atoms with Crippen LogP contribution in [0.4, 0.5) is 10.1 Å². The highest BCUT2D eigenvalue weighted by Crippen LogP contribution is 2.25. The van der Waals surface area contributed by atoms with Crippen LogP contribution >= 0.6 is 0 Å². The van der Waals surface area contributed by atoms with Gasteiger partial charge in [-0.1, -0.05) is 6.92 Å². The number of hydrogen-bond acceptors (Lipinski definition) is 5. The van der Waals surface area contributed by atoms with Crippen LogP contribution in [0.2, 0.25) is 0 Å². The molecule has 0 saturated heterocycles. The molecule has 3 rings (SSSR count). The lowest BCUT2D eigenvalue weighted by Gasteiger charge is -2.05. The van der Waals surface area contributed by atoms with Gasteiger partial charge >= 0.3 is 5.97 Å². The summed E-state index contributed by atoms with van der Waals surface area (Å²) in [6, 6.07) is 7.71. The van der Waals surface area contributed by atoms with Crippen molar-refractivity contribution < 1.29 is 13.9 Å². The zero-order valence-corrected chi connectivity index (χ0v) is 13.4. The average molecular weight is 328 g/mol. The topological polar surface area (TPSA) is 82.5 Å². The van der Waals surface area contributed by atoms with Gasteiger partial charge in [0.1, 0.15) is 5.82 Å². The second-order valence-electron chi connectivity index (χ2n) is 5.25. The number of aromatic nitrogens is 3. The van der Waals surface area contributed by atoms with Crippen molar-refractivity contribution in [2.45, 2.75) is 20.3 Å². The summed E-state index contributed by atoms with van der Waals surface area (Å²) in [4.78, 5) is 16.2. The summed E-state index contributed by atoms with van der Waals surface area (Å²) in [5.41, 5.74) is 8.14. The molecule has 3 aromatic rings. The van der Waals surface area contributed by atoms with E-state index in [2.05, 4.69) is 10.1 Å². The van der Waals surface area contributed by atoms with Gasteiger partial charge in [0.2, 0.25) is 0 Å². The predicted octanol–water partition coefficient (Wildman–Crippen LogP) is 2.86. The minimum atomic E-state index is -0.490. The molecule has 6 nitrogen and oxygen atoms in total. The highest BCUT2D eigenvalue weighted by Gasteiger charge is 2.16. The zero-order valence-electron chi connectivity index (χ0n) is 13.4. The third-order valence-electron chi connectivity index (χ3n) is 3.62. The van der Waals surface area contributed by atoms with Crippen LogP contribution in [-0.2, 0) is 11.2 Å². The van der Waals surface area contributed by atoms with Gasteiger partial charge in [0, 0.05) is 23.0 Å². The summed E-state index contributed by atoms with van der Waals surface area (Å²) >= 11 is 0. The van der Waals surface area contributed by atoms with E-state index in [9.17, 15) is 9.18 Å². The molecule has 0 fully saturated rings. The van der Waals surface area contributed by atoms with Crippen LogP contribution < -0.4 is 5.73 Å². The maximum absolute atomic E-state index is 14.1. The molecule has 0 amide bonds. The molecule has 0 spiro atoms. The first kappa shape index (κ1) is 15.9. The van der Waals surface area contributed by atoms with Crippen molar-refractivity contribution in [1.29, 1.82) is 0 Å². The van der Waals surface area contributed by atoms with Crippen LogP contribution in [0, 0.1) is 5.82 Å². The number of nitrogen functional groups attached to an aromatic ring is 1. The van der Waals surface area contributed by atoms with E-state index in [1.165, 1.54) is 6.07 Å². The number of anilines is 1. The number of nitrogens with zero attached hydrogens (tertiary/aromatic N) is 3. The Bertz CT molecular complexity index is 920. The van der Waals surface area contributed by atoms with Crippen molar-refractivity contribution in [3.63, 3.8) is 0 Å². The molecule has 124 valence electrons. The number of fused-ring (bicyclic) bond motifs is 1. The van der Waals surface area contributed by atoms with E-state index in [1.807, 2.05) is 6.92 Å². The smallest absolute Gasteiger partial charge is 0.357 e. The van der Waals surface area contributed by atoms with Crippen molar-refractivity contribution in [3.05, 3.63) is 47.5 Å². The van der Waals surface area contributed by atoms with Gasteiger partial charge in [-0.25, -0.2) is 18.7 Å². The molecule has 2 aromatic heterocycles. The average Bonchev–Trinajstić information content (AvgIpc) is 2.97. The Balaban J connectivity index is 2.14. The van der Waals surface area contributed by atoms with Crippen molar-refractivity contribution in [3.8, 4) is 11.3 Å². The van der Waals surface area contributed by atoms with Crippen LogP contribution in [0.3, 0.4) is 0 Å². The number of halogens is 1. The van der Waals surface area contributed by atoms with E-state index in [1.54, 1.807) is 35.7 Å². The summed E-state index contributed by atoms with van der Waals surface area (Å²) < 4.78 is 20.7. The molecule has 1 aromatic carbocycles. The highest BCUT2D eigenvalue weighted by molar-refractivity contribution is 5.88. The number of carbonyl (C=O) groups is 1. The summed E-state index contributed by atoms with van der Waals surface area (Å²) in [7, 11) is 0. The molecule has 0 aliphatic heterocycles. The maximum atomic E-state index is 14.1.